The molecule has 5 nitrogen and oxygen atoms in total. The number of hydrogen-bond donors (Lipinski definition) is 1. The van der Waals surface area contributed by atoms with Gasteiger partial charge in [-0.15, -0.1) is 0 Å². The number of carbonyl (C=O) groups is 1. The minimum Gasteiger partial charge on any atom is -0.324 e. The highest BCUT2D eigenvalue weighted by Gasteiger charge is 2.14. The number of amides is 1. The Kier molecular flexibility index (Phi) is 5.59. The molecule has 1 amide bonds. The highest BCUT2D eigenvalue weighted by molar-refractivity contribution is 7.99. The number of imidazole rings is 1. The van der Waals surface area contributed by atoms with Crippen LogP contribution in [0.25, 0.3) is 11.0 Å². The van der Waals surface area contributed by atoms with Crippen LogP contribution in [-0.4, -0.2) is 21.2 Å². The van der Waals surface area contributed by atoms with Crippen LogP contribution in [0.15, 0.2) is 53.7 Å². The predicted molar refractivity (Wildman–Crippen MR) is 105 cm³/mol. The van der Waals surface area contributed by atoms with E-state index in [1.165, 1.54) is 11.8 Å². The molecule has 1 heterocycles. The second-order valence-electron chi connectivity index (χ2n) is 6.38. The van der Waals surface area contributed by atoms with Gasteiger partial charge in [-0.3, -0.25) is 4.79 Å². The summed E-state index contributed by atoms with van der Waals surface area (Å²) in [6, 6.07) is 17.1. The molecule has 1 N–H and O–H groups in total. The van der Waals surface area contributed by atoms with Crippen molar-refractivity contribution in [3.63, 3.8) is 0 Å². The van der Waals surface area contributed by atoms with E-state index in [9.17, 15) is 4.79 Å². The molecule has 1 aromatic heterocycles. The van der Waals surface area contributed by atoms with Gasteiger partial charge in [0.2, 0.25) is 5.91 Å². The van der Waals surface area contributed by atoms with Crippen LogP contribution in [0, 0.1) is 17.2 Å². The first-order chi connectivity index (χ1) is 12.6. The average Bonchev–Trinajstić information content (AvgIpc) is 2.97. The molecule has 132 valence electrons. The summed E-state index contributed by atoms with van der Waals surface area (Å²) in [4.78, 5) is 17.0. The molecule has 0 aliphatic rings. The van der Waals surface area contributed by atoms with Crippen LogP contribution in [0.1, 0.15) is 19.4 Å². The van der Waals surface area contributed by atoms with E-state index >= 15 is 0 Å². The van der Waals surface area contributed by atoms with E-state index in [1.54, 1.807) is 24.3 Å². The highest BCUT2D eigenvalue weighted by Crippen LogP contribution is 2.25. The molecule has 0 saturated carbocycles. The summed E-state index contributed by atoms with van der Waals surface area (Å²) in [6.45, 7) is 5.17. The summed E-state index contributed by atoms with van der Waals surface area (Å²) in [5, 5.41) is 12.8. The smallest absolute Gasteiger partial charge is 0.234 e. The molecule has 0 fully saturated rings. The van der Waals surface area contributed by atoms with Crippen molar-refractivity contribution in [3.05, 3.63) is 54.1 Å². The molecule has 6 heteroatoms. The van der Waals surface area contributed by atoms with Gasteiger partial charge in [0, 0.05) is 6.54 Å². The molecule has 26 heavy (non-hydrogen) atoms. The SMILES string of the molecule is CC(C)Cn1c(SCC(=O)Nc2ccccc2C#N)nc2ccccc21. The zero-order valence-electron chi connectivity index (χ0n) is 14.8. The van der Waals surface area contributed by atoms with Crippen LogP contribution in [0.3, 0.4) is 0 Å². The highest BCUT2D eigenvalue weighted by atomic mass is 32.2. The van der Waals surface area contributed by atoms with Crippen molar-refractivity contribution >= 4 is 34.4 Å². The zero-order valence-corrected chi connectivity index (χ0v) is 15.6. The molecule has 3 rings (SSSR count). The van der Waals surface area contributed by atoms with Crippen LogP contribution < -0.4 is 5.32 Å². The van der Waals surface area contributed by atoms with Crippen molar-refractivity contribution in [2.75, 3.05) is 11.1 Å². The normalized spacial score (nSPS) is 10.8. The van der Waals surface area contributed by atoms with Crippen molar-refractivity contribution in [2.45, 2.75) is 25.5 Å². The lowest BCUT2D eigenvalue weighted by Gasteiger charge is -2.11. The van der Waals surface area contributed by atoms with E-state index in [4.69, 9.17) is 5.26 Å². The Balaban J connectivity index is 1.75. The minimum absolute atomic E-state index is 0.152. The Morgan fingerprint density at radius 1 is 1.23 bits per heavy atom. The Bertz CT molecular complexity index is 971. The van der Waals surface area contributed by atoms with Crippen LogP contribution in [0.2, 0.25) is 0 Å². The molecule has 0 radical (unpaired) electrons. The molecule has 0 aliphatic heterocycles. The van der Waals surface area contributed by atoms with E-state index in [1.807, 2.05) is 18.2 Å². The monoisotopic (exact) mass is 364 g/mol. The third-order valence-corrected chi connectivity index (χ3v) is 4.80. The van der Waals surface area contributed by atoms with E-state index in [-0.39, 0.29) is 11.7 Å². The molecular formula is C20H20N4OS. The first-order valence-corrected chi connectivity index (χ1v) is 9.44. The van der Waals surface area contributed by atoms with Crippen molar-refractivity contribution < 1.29 is 4.79 Å². The first kappa shape index (κ1) is 18.0. The van der Waals surface area contributed by atoms with Crippen molar-refractivity contribution in [3.8, 4) is 6.07 Å². The van der Waals surface area contributed by atoms with Gasteiger partial charge in [0.05, 0.1) is 28.0 Å². The molecule has 0 atom stereocenters. The third-order valence-electron chi connectivity index (χ3n) is 3.82. The molecule has 3 aromatic rings. The van der Waals surface area contributed by atoms with Gasteiger partial charge >= 0.3 is 0 Å². The van der Waals surface area contributed by atoms with Gasteiger partial charge in [-0.1, -0.05) is 49.9 Å². The van der Waals surface area contributed by atoms with Crippen molar-refractivity contribution in [1.29, 1.82) is 5.26 Å². The lowest BCUT2D eigenvalue weighted by atomic mass is 10.2. The van der Waals surface area contributed by atoms with Crippen molar-refractivity contribution in [2.24, 2.45) is 5.92 Å². The van der Waals surface area contributed by atoms with Gasteiger partial charge in [0.1, 0.15) is 6.07 Å². The number of rotatable bonds is 6. The number of aromatic nitrogens is 2. The number of anilines is 1. The Morgan fingerprint density at radius 2 is 1.96 bits per heavy atom. The van der Waals surface area contributed by atoms with Gasteiger partial charge in [-0.2, -0.15) is 5.26 Å². The standard InChI is InChI=1S/C20H20N4OS/c1-14(2)12-24-18-10-6-5-9-17(18)23-20(24)26-13-19(25)22-16-8-4-3-7-15(16)11-21/h3-10,14H,12-13H2,1-2H3,(H,22,25). The molecule has 0 bridgehead atoms. The van der Waals surface area contributed by atoms with Gasteiger partial charge < -0.3 is 9.88 Å². The van der Waals surface area contributed by atoms with Crippen LogP contribution in [0.5, 0.6) is 0 Å². The Labute approximate surface area is 157 Å². The fourth-order valence-corrected chi connectivity index (χ4v) is 3.54. The summed E-state index contributed by atoms with van der Waals surface area (Å²) in [5.74, 6) is 0.561. The molecule has 0 spiro atoms. The summed E-state index contributed by atoms with van der Waals surface area (Å²) < 4.78 is 2.17. The Morgan fingerprint density at radius 3 is 2.73 bits per heavy atom. The fourth-order valence-electron chi connectivity index (χ4n) is 2.71. The predicted octanol–water partition coefficient (Wildman–Crippen LogP) is 4.29. The number of thioether (sulfide) groups is 1. The quantitative estimate of drug-likeness (QED) is 0.662. The molecule has 0 aliphatic carbocycles. The Hall–Kier alpha value is -2.78. The second kappa shape index (κ2) is 8.07. The van der Waals surface area contributed by atoms with Gasteiger partial charge in [0.25, 0.3) is 0 Å². The number of fused-ring (bicyclic) bond motifs is 1. The molecule has 0 saturated heterocycles. The second-order valence-corrected chi connectivity index (χ2v) is 7.32. The topological polar surface area (TPSA) is 70.7 Å². The van der Waals surface area contributed by atoms with Gasteiger partial charge in [-0.25, -0.2) is 4.98 Å². The largest absolute Gasteiger partial charge is 0.324 e. The summed E-state index contributed by atoms with van der Waals surface area (Å²) >= 11 is 1.41. The number of benzene rings is 2. The number of nitrogens with one attached hydrogen (secondary N) is 1. The minimum atomic E-state index is -0.152. The maximum absolute atomic E-state index is 12.3. The molecular weight excluding hydrogens is 344 g/mol. The third kappa shape index (κ3) is 4.06. The summed E-state index contributed by atoms with van der Waals surface area (Å²) in [6.07, 6.45) is 0. The maximum Gasteiger partial charge on any atom is 0.234 e. The number of para-hydroxylation sites is 3. The van der Waals surface area contributed by atoms with E-state index < -0.39 is 0 Å². The number of nitrogens with zero attached hydrogens (tertiary/aromatic N) is 3. The first-order valence-electron chi connectivity index (χ1n) is 8.45. The number of nitriles is 1. The average molecular weight is 364 g/mol. The van der Waals surface area contributed by atoms with Gasteiger partial charge in [0.15, 0.2) is 5.16 Å². The van der Waals surface area contributed by atoms with Crippen molar-refractivity contribution in [1.82, 2.24) is 9.55 Å². The van der Waals surface area contributed by atoms with Crippen LogP contribution >= 0.6 is 11.8 Å². The number of hydrogen-bond acceptors (Lipinski definition) is 4. The lowest BCUT2D eigenvalue weighted by molar-refractivity contribution is -0.113. The lowest BCUT2D eigenvalue weighted by Crippen LogP contribution is -2.15. The van der Waals surface area contributed by atoms with Gasteiger partial charge in [-0.05, 0) is 30.2 Å². The zero-order chi connectivity index (χ0) is 18.5. The maximum atomic E-state index is 12.3. The summed E-state index contributed by atoms with van der Waals surface area (Å²) in [7, 11) is 0. The molecule has 0 unspecified atom stereocenters. The van der Waals surface area contributed by atoms with E-state index in [0.29, 0.717) is 17.2 Å². The number of carbonyl (C=O) groups excluding carboxylic acids is 1. The van der Waals surface area contributed by atoms with E-state index in [2.05, 4.69) is 40.9 Å². The van der Waals surface area contributed by atoms with Crippen LogP contribution in [0.4, 0.5) is 5.69 Å². The fraction of sp³-hybridized carbons (Fsp3) is 0.250. The van der Waals surface area contributed by atoms with Crippen LogP contribution in [-0.2, 0) is 11.3 Å². The van der Waals surface area contributed by atoms with E-state index in [0.717, 1.165) is 22.7 Å². The molecule has 2 aromatic carbocycles. The summed E-state index contributed by atoms with van der Waals surface area (Å²) in [5.41, 5.74) is 3.01.